The third kappa shape index (κ3) is 5.16. The van der Waals surface area contributed by atoms with Crippen LogP contribution in [0.4, 0.5) is 0 Å². The third-order valence-corrected chi connectivity index (χ3v) is 8.00. The van der Waals surface area contributed by atoms with Gasteiger partial charge in [0.05, 0.1) is 6.04 Å². The number of rotatable bonds is 7. The molecule has 2 heterocycles. The predicted molar refractivity (Wildman–Crippen MR) is 138 cm³/mol. The van der Waals surface area contributed by atoms with Gasteiger partial charge in [-0.15, -0.1) is 11.3 Å². The van der Waals surface area contributed by atoms with E-state index in [1.807, 2.05) is 35.2 Å². The van der Waals surface area contributed by atoms with Crippen LogP contribution in [0.1, 0.15) is 39.7 Å². The minimum atomic E-state index is -0.194. The number of carbonyl (C=O) groups is 2. The lowest BCUT2D eigenvalue weighted by Gasteiger charge is -2.37. The van der Waals surface area contributed by atoms with Crippen LogP contribution in [0, 0.1) is 0 Å². The fraction of sp³-hybridized carbons (Fsp3) is 0.308. The molecule has 1 atom stereocenters. The summed E-state index contributed by atoms with van der Waals surface area (Å²) in [4.78, 5) is 31.8. The lowest BCUT2D eigenvalue weighted by atomic mass is 10.0. The molecule has 1 saturated carbocycles. The Kier molecular flexibility index (Phi) is 6.95. The normalized spacial score (nSPS) is 17.2. The average Bonchev–Trinajstić information content (AvgIpc) is 3.57. The lowest BCUT2D eigenvalue weighted by Crippen LogP contribution is -2.48. The molecule has 0 saturated heterocycles. The van der Waals surface area contributed by atoms with Crippen molar-refractivity contribution in [3.63, 3.8) is 0 Å². The molecule has 5 nitrogen and oxygen atoms in total. The Morgan fingerprint density at radius 2 is 1.94 bits per heavy atom. The zero-order valence-corrected chi connectivity index (χ0v) is 21.6. The molecule has 1 aliphatic heterocycles. The first-order valence-corrected chi connectivity index (χ1v) is 13.4. The van der Waals surface area contributed by atoms with E-state index >= 15 is 0 Å². The average molecular weight is 560 g/mol. The molecule has 8 heteroatoms. The van der Waals surface area contributed by atoms with Crippen LogP contribution in [0.25, 0.3) is 0 Å². The van der Waals surface area contributed by atoms with E-state index in [0.717, 1.165) is 29.3 Å². The van der Waals surface area contributed by atoms with E-state index in [0.29, 0.717) is 29.5 Å². The minimum Gasteiger partial charge on any atom is -0.491 e. The summed E-state index contributed by atoms with van der Waals surface area (Å²) in [6.07, 6.45) is 2.69. The lowest BCUT2D eigenvalue weighted by molar-refractivity contribution is -0.135. The molecular weight excluding hydrogens is 536 g/mol. The van der Waals surface area contributed by atoms with Gasteiger partial charge in [0.25, 0.3) is 5.91 Å². The van der Waals surface area contributed by atoms with E-state index in [4.69, 9.17) is 16.3 Å². The van der Waals surface area contributed by atoms with Gasteiger partial charge < -0.3 is 14.5 Å². The Hall–Kier alpha value is -2.35. The van der Waals surface area contributed by atoms with Gasteiger partial charge in [-0.05, 0) is 78.7 Å². The number of nitrogens with zero attached hydrogens (tertiary/aromatic N) is 2. The van der Waals surface area contributed by atoms with Crippen molar-refractivity contribution in [2.24, 2.45) is 0 Å². The van der Waals surface area contributed by atoms with E-state index in [2.05, 4.69) is 27.4 Å². The second kappa shape index (κ2) is 10.1. The standard InChI is InChI=1S/C26H24BrClN2O3S/c27-18-3-1-2-17(14-18)26(32)30(20-6-7-20)15-25(31)29-12-10-24-22(11-13-34-24)23(29)16-33-21-8-4-19(28)5-9-21/h1-5,8-9,11,13-14,20,23H,6-7,10,12,15-16H2/t23-/m1/s1. The quantitative estimate of drug-likeness (QED) is 0.358. The Morgan fingerprint density at radius 3 is 2.68 bits per heavy atom. The number of hydrogen-bond acceptors (Lipinski definition) is 4. The Balaban J connectivity index is 1.34. The van der Waals surface area contributed by atoms with Gasteiger partial charge in [-0.1, -0.05) is 33.6 Å². The topological polar surface area (TPSA) is 49.9 Å². The van der Waals surface area contributed by atoms with Gasteiger partial charge in [-0.3, -0.25) is 9.59 Å². The maximum atomic E-state index is 13.6. The molecule has 0 unspecified atom stereocenters. The first-order valence-electron chi connectivity index (χ1n) is 11.3. The number of thiophene rings is 1. The first kappa shape index (κ1) is 23.4. The number of carbonyl (C=O) groups excluding carboxylic acids is 2. The smallest absolute Gasteiger partial charge is 0.254 e. The van der Waals surface area contributed by atoms with Crippen molar-refractivity contribution in [2.45, 2.75) is 31.3 Å². The molecule has 0 spiro atoms. The molecule has 176 valence electrons. The van der Waals surface area contributed by atoms with Crippen molar-refractivity contribution < 1.29 is 14.3 Å². The van der Waals surface area contributed by atoms with Crippen LogP contribution in [0.3, 0.4) is 0 Å². The van der Waals surface area contributed by atoms with E-state index < -0.39 is 0 Å². The summed E-state index contributed by atoms with van der Waals surface area (Å²) in [5, 5.41) is 2.72. The van der Waals surface area contributed by atoms with Gasteiger partial charge in [0, 0.05) is 32.5 Å². The monoisotopic (exact) mass is 558 g/mol. The fourth-order valence-corrected chi connectivity index (χ4v) is 5.81. The summed E-state index contributed by atoms with van der Waals surface area (Å²) in [7, 11) is 0. The van der Waals surface area contributed by atoms with Gasteiger partial charge in [-0.2, -0.15) is 0 Å². The van der Waals surface area contributed by atoms with Crippen LogP contribution < -0.4 is 4.74 Å². The molecule has 1 aliphatic carbocycles. The Bertz CT molecular complexity index is 1190. The van der Waals surface area contributed by atoms with Crippen molar-refractivity contribution >= 4 is 50.7 Å². The molecule has 2 aromatic carbocycles. The second-order valence-electron chi connectivity index (χ2n) is 8.59. The molecule has 1 fully saturated rings. The maximum absolute atomic E-state index is 13.6. The number of hydrogen-bond donors (Lipinski definition) is 0. The highest BCUT2D eigenvalue weighted by molar-refractivity contribution is 9.10. The Morgan fingerprint density at radius 1 is 1.15 bits per heavy atom. The fourth-order valence-electron chi connectivity index (χ4n) is 4.36. The van der Waals surface area contributed by atoms with Gasteiger partial charge in [-0.25, -0.2) is 0 Å². The van der Waals surface area contributed by atoms with Crippen LogP contribution >= 0.6 is 38.9 Å². The highest BCUT2D eigenvalue weighted by Crippen LogP contribution is 2.35. The van der Waals surface area contributed by atoms with Gasteiger partial charge in [0.15, 0.2) is 0 Å². The molecule has 1 aromatic heterocycles. The maximum Gasteiger partial charge on any atom is 0.254 e. The SMILES string of the molecule is O=C(c1cccc(Br)c1)N(CC(=O)N1CCc2sccc2[C@H]1COc1ccc(Cl)cc1)C1CC1. The van der Waals surface area contributed by atoms with Crippen molar-refractivity contribution in [3.05, 3.63) is 85.5 Å². The summed E-state index contributed by atoms with van der Waals surface area (Å²) in [6, 6.07) is 16.6. The number of benzene rings is 2. The van der Waals surface area contributed by atoms with Crippen molar-refractivity contribution in [1.82, 2.24) is 9.80 Å². The highest BCUT2D eigenvalue weighted by atomic mass is 79.9. The minimum absolute atomic E-state index is 0.0446. The number of fused-ring (bicyclic) bond motifs is 1. The largest absolute Gasteiger partial charge is 0.491 e. The predicted octanol–water partition coefficient (Wildman–Crippen LogP) is 5.97. The summed E-state index contributed by atoms with van der Waals surface area (Å²) in [6.45, 7) is 1.04. The summed E-state index contributed by atoms with van der Waals surface area (Å²) >= 11 is 11.2. The molecule has 2 amide bonds. The molecule has 5 rings (SSSR count). The zero-order valence-electron chi connectivity index (χ0n) is 18.5. The highest BCUT2D eigenvalue weighted by Gasteiger charge is 2.38. The zero-order chi connectivity index (χ0) is 23.7. The molecule has 34 heavy (non-hydrogen) atoms. The van der Waals surface area contributed by atoms with Crippen LogP contribution in [0.5, 0.6) is 5.75 Å². The number of amides is 2. The van der Waals surface area contributed by atoms with Crippen LogP contribution in [0.15, 0.2) is 64.5 Å². The molecule has 0 N–H and O–H groups in total. The van der Waals surface area contributed by atoms with Gasteiger partial charge >= 0.3 is 0 Å². The first-order chi connectivity index (χ1) is 16.5. The van der Waals surface area contributed by atoms with Gasteiger partial charge in [0.2, 0.25) is 5.91 Å². The number of halogens is 2. The third-order valence-electron chi connectivity index (χ3n) is 6.26. The molecule has 2 aliphatic rings. The summed E-state index contributed by atoms with van der Waals surface area (Å²) in [5.41, 5.74) is 1.73. The van der Waals surface area contributed by atoms with E-state index in [9.17, 15) is 9.59 Å². The molecule has 0 bridgehead atoms. The summed E-state index contributed by atoms with van der Waals surface area (Å²) in [5.74, 6) is 0.569. The van der Waals surface area contributed by atoms with E-state index in [-0.39, 0.29) is 30.4 Å². The van der Waals surface area contributed by atoms with Gasteiger partial charge in [0.1, 0.15) is 18.9 Å². The van der Waals surface area contributed by atoms with Crippen molar-refractivity contribution in [3.8, 4) is 5.75 Å². The van der Waals surface area contributed by atoms with Crippen molar-refractivity contribution in [1.29, 1.82) is 0 Å². The van der Waals surface area contributed by atoms with E-state index in [1.54, 1.807) is 34.4 Å². The number of ether oxygens (including phenoxy) is 1. The van der Waals surface area contributed by atoms with Crippen LogP contribution in [0.2, 0.25) is 5.02 Å². The molecule has 0 radical (unpaired) electrons. The summed E-state index contributed by atoms with van der Waals surface area (Å²) < 4.78 is 6.92. The molecular formula is C26H24BrClN2O3S. The van der Waals surface area contributed by atoms with E-state index in [1.165, 1.54) is 4.88 Å². The van der Waals surface area contributed by atoms with Crippen molar-refractivity contribution in [2.75, 3.05) is 19.7 Å². The molecule has 3 aromatic rings. The second-order valence-corrected chi connectivity index (χ2v) is 10.9. The van der Waals surface area contributed by atoms with Crippen LogP contribution in [-0.2, 0) is 11.2 Å². The Labute approximate surface area is 216 Å². The van der Waals surface area contributed by atoms with Crippen LogP contribution in [-0.4, -0.2) is 47.4 Å².